The number of pyridine rings is 2. The molecule has 2 aromatic heterocycles. The van der Waals surface area contributed by atoms with Gasteiger partial charge in [0.05, 0.1) is 0 Å². The second-order valence-corrected chi connectivity index (χ2v) is 5.81. The first-order valence-electron chi connectivity index (χ1n) is 7.78. The second kappa shape index (κ2) is 5.52. The van der Waals surface area contributed by atoms with Gasteiger partial charge in [-0.25, -0.2) is 9.78 Å². The molecule has 1 fully saturated rings. The average Bonchev–Trinajstić information content (AvgIpc) is 2.61. The fourth-order valence-corrected chi connectivity index (χ4v) is 3.29. The van der Waals surface area contributed by atoms with Crippen LogP contribution in [0.2, 0.25) is 0 Å². The molecule has 0 radical (unpaired) electrons. The van der Waals surface area contributed by atoms with Crippen molar-refractivity contribution >= 4 is 33.6 Å². The normalized spacial score (nSPS) is 15.2. The lowest BCUT2D eigenvalue weighted by Gasteiger charge is -2.35. The zero-order valence-corrected chi connectivity index (χ0v) is 12.9. The highest BCUT2D eigenvalue weighted by Gasteiger charge is 2.22. The van der Waals surface area contributed by atoms with Crippen LogP contribution in [-0.2, 0) is 0 Å². The van der Waals surface area contributed by atoms with Gasteiger partial charge >= 0.3 is 6.09 Å². The Morgan fingerprint density at radius 3 is 2.50 bits per heavy atom. The van der Waals surface area contributed by atoms with E-state index in [4.69, 9.17) is 5.11 Å². The molecule has 0 atom stereocenters. The summed E-state index contributed by atoms with van der Waals surface area (Å²) in [5, 5.41) is 11.5. The van der Waals surface area contributed by atoms with E-state index in [9.17, 15) is 9.59 Å². The van der Waals surface area contributed by atoms with Gasteiger partial charge in [-0.05, 0) is 12.1 Å². The van der Waals surface area contributed by atoms with E-state index >= 15 is 0 Å². The molecule has 0 saturated carbocycles. The Morgan fingerprint density at radius 1 is 1.08 bits per heavy atom. The number of piperazine rings is 1. The number of fused-ring (bicyclic) bond motifs is 3. The van der Waals surface area contributed by atoms with Crippen LogP contribution in [0.5, 0.6) is 0 Å². The highest BCUT2D eigenvalue weighted by atomic mass is 16.4. The minimum atomic E-state index is -0.885. The van der Waals surface area contributed by atoms with Crippen molar-refractivity contribution in [3.63, 3.8) is 0 Å². The largest absolute Gasteiger partial charge is 0.465 e. The van der Waals surface area contributed by atoms with Gasteiger partial charge in [0.25, 0.3) is 5.56 Å². The van der Waals surface area contributed by atoms with Crippen molar-refractivity contribution < 1.29 is 9.90 Å². The molecule has 7 nitrogen and oxygen atoms in total. The minimum Gasteiger partial charge on any atom is -0.465 e. The van der Waals surface area contributed by atoms with Crippen molar-refractivity contribution in [2.24, 2.45) is 0 Å². The molecule has 3 heterocycles. The van der Waals surface area contributed by atoms with E-state index in [0.717, 1.165) is 16.5 Å². The lowest BCUT2D eigenvalue weighted by atomic mass is 10.1. The monoisotopic (exact) mass is 324 g/mol. The Kier molecular flexibility index (Phi) is 3.34. The van der Waals surface area contributed by atoms with E-state index in [1.807, 2.05) is 24.3 Å². The van der Waals surface area contributed by atoms with E-state index in [0.29, 0.717) is 37.2 Å². The van der Waals surface area contributed by atoms with Crippen LogP contribution in [0.1, 0.15) is 0 Å². The summed E-state index contributed by atoms with van der Waals surface area (Å²) in [4.78, 5) is 34.0. The molecule has 0 aliphatic carbocycles. The number of amides is 1. The fourth-order valence-electron chi connectivity index (χ4n) is 3.29. The maximum absolute atomic E-state index is 12.2. The Hall–Kier alpha value is -3.09. The van der Waals surface area contributed by atoms with Crippen molar-refractivity contribution in [3.05, 3.63) is 46.9 Å². The summed E-state index contributed by atoms with van der Waals surface area (Å²) in [6.07, 6.45) is 0.787. The third-order valence-electron chi connectivity index (χ3n) is 4.49. The third-order valence-corrected chi connectivity index (χ3v) is 4.49. The standard InChI is InChI=1S/C17H16N4O3/c22-16-12-4-2-1-3-11(12)14-13(5-6-18-15(14)19-16)20-7-9-21(10-8-20)17(23)24/h1-6H,7-10H2,(H,23,24)(H,18,19,22). The molecule has 2 N–H and O–H groups in total. The molecule has 0 spiro atoms. The predicted molar refractivity (Wildman–Crippen MR) is 91.7 cm³/mol. The predicted octanol–water partition coefficient (Wildman–Crippen LogP) is 1.88. The van der Waals surface area contributed by atoms with Gasteiger partial charge in [0.15, 0.2) is 0 Å². The number of carbonyl (C=O) groups is 1. The van der Waals surface area contributed by atoms with E-state index in [2.05, 4.69) is 14.9 Å². The minimum absolute atomic E-state index is 0.154. The van der Waals surface area contributed by atoms with E-state index in [1.54, 1.807) is 12.3 Å². The number of nitrogens with one attached hydrogen (secondary N) is 1. The molecule has 1 amide bonds. The van der Waals surface area contributed by atoms with Crippen LogP contribution in [0.25, 0.3) is 21.8 Å². The Morgan fingerprint density at radius 2 is 1.79 bits per heavy atom. The van der Waals surface area contributed by atoms with E-state index in [-0.39, 0.29) is 5.56 Å². The number of anilines is 1. The van der Waals surface area contributed by atoms with Gasteiger partial charge in [-0.15, -0.1) is 0 Å². The third kappa shape index (κ3) is 2.25. The number of aromatic nitrogens is 2. The maximum Gasteiger partial charge on any atom is 0.407 e. The summed E-state index contributed by atoms with van der Waals surface area (Å²) in [6.45, 7) is 2.14. The van der Waals surface area contributed by atoms with Gasteiger partial charge in [0, 0.05) is 54.2 Å². The van der Waals surface area contributed by atoms with Gasteiger partial charge in [0.1, 0.15) is 5.65 Å². The van der Waals surface area contributed by atoms with Crippen molar-refractivity contribution in [1.82, 2.24) is 14.9 Å². The first-order chi connectivity index (χ1) is 11.6. The first kappa shape index (κ1) is 14.5. The first-order valence-corrected chi connectivity index (χ1v) is 7.78. The number of nitrogens with zero attached hydrogens (tertiary/aromatic N) is 3. The SMILES string of the molecule is O=C(O)N1CCN(c2ccnc3[nH]c(=O)c4ccccc4c23)CC1. The number of aromatic amines is 1. The van der Waals surface area contributed by atoms with Crippen LogP contribution in [0.15, 0.2) is 41.3 Å². The highest BCUT2D eigenvalue weighted by molar-refractivity contribution is 6.10. The molecular formula is C17H16N4O3. The smallest absolute Gasteiger partial charge is 0.407 e. The molecule has 122 valence electrons. The average molecular weight is 324 g/mol. The zero-order chi connectivity index (χ0) is 16.7. The van der Waals surface area contributed by atoms with Crippen molar-refractivity contribution in [3.8, 4) is 0 Å². The van der Waals surface area contributed by atoms with Gasteiger partial charge in [-0.3, -0.25) is 4.79 Å². The van der Waals surface area contributed by atoms with E-state index in [1.165, 1.54) is 4.90 Å². The van der Waals surface area contributed by atoms with E-state index < -0.39 is 6.09 Å². The summed E-state index contributed by atoms with van der Waals surface area (Å²) in [7, 11) is 0. The topological polar surface area (TPSA) is 89.5 Å². The molecule has 1 aliphatic rings. The molecule has 1 saturated heterocycles. The van der Waals surface area contributed by atoms with Crippen molar-refractivity contribution in [2.45, 2.75) is 0 Å². The van der Waals surface area contributed by atoms with Crippen LogP contribution in [0.4, 0.5) is 10.5 Å². The molecule has 0 unspecified atom stereocenters. The Balaban J connectivity index is 1.86. The highest BCUT2D eigenvalue weighted by Crippen LogP contribution is 2.30. The molecule has 3 aromatic rings. The van der Waals surface area contributed by atoms with Crippen LogP contribution in [-0.4, -0.2) is 52.2 Å². The summed E-state index contributed by atoms with van der Waals surface area (Å²) in [5.41, 5.74) is 1.37. The number of hydrogen-bond acceptors (Lipinski definition) is 4. The number of benzene rings is 1. The van der Waals surface area contributed by atoms with Crippen LogP contribution in [0, 0.1) is 0 Å². The second-order valence-electron chi connectivity index (χ2n) is 5.81. The van der Waals surface area contributed by atoms with Crippen LogP contribution >= 0.6 is 0 Å². The van der Waals surface area contributed by atoms with Gasteiger partial charge in [-0.2, -0.15) is 0 Å². The summed E-state index contributed by atoms with van der Waals surface area (Å²) in [6, 6.07) is 9.38. The summed E-state index contributed by atoms with van der Waals surface area (Å²) >= 11 is 0. The lowest BCUT2D eigenvalue weighted by Crippen LogP contribution is -2.48. The lowest BCUT2D eigenvalue weighted by molar-refractivity contribution is 0.142. The molecule has 24 heavy (non-hydrogen) atoms. The Bertz CT molecular complexity index is 990. The van der Waals surface area contributed by atoms with Gasteiger partial charge < -0.3 is 19.9 Å². The van der Waals surface area contributed by atoms with Gasteiger partial charge in [0.2, 0.25) is 0 Å². The summed E-state index contributed by atoms with van der Waals surface area (Å²) < 4.78 is 0. The zero-order valence-electron chi connectivity index (χ0n) is 12.9. The van der Waals surface area contributed by atoms with Crippen molar-refractivity contribution in [1.29, 1.82) is 0 Å². The molecular weight excluding hydrogens is 308 g/mol. The molecule has 0 bridgehead atoms. The molecule has 1 aromatic carbocycles. The Labute approximate surface area is 137 Å². The number of carboxylic acid groups (broad SMARTS) is 1. The quantitative estimate of drug-likeness (QED) is 0.667. The van der Waals surface area contributed by atoms with Crippen molar-refractivity contribution in [2.75, 3.05) is 31.1 Å². The number of hydrogen-bond donors (Lipinski definition) is 2. The number of rotatable bonds is 1. The number of H-pyrrole nitrogens is 1. The van der Waals surface area contributed by atoms with Crippen LogP contribution in [0.3, 0.4) is 0 Å². The van der Waals surface area contributed by atoms with Gasteiger partial charge in [-0.1, -0.05) is 18.2 Å². The summed E-state index contributed by atoms with van der Waals surface area (Å²) in [5.74, 6) is 0. The molecule has 7 heteroatoms. The molecule has 1 aliphatic heterocycles. The maximum atomic E-state index is 12.2. The van der Waals surface area contributed by atoms with Crippen LogP contribution < -0.4 is 10.5 Å². The fraction of sp³-hybridized carbons (Fsp3) is 0.235. The molecule has 4 rings (SSSR count).